The summed E-state index contributed by atoms with van der Waals surface area (Å²) >= 11 is 0. The average molecular weight is 179 g/mol. The van der Waals surface area contributed by atoms with E-state index in [2.05, 4.69) is 11.2 Å². The van der Waals surface area contributed by atoms with E-state index in [1.165, 1.54) is 18.9 Å². The van der Waals surface area contributed by atoms with Gasteiger partial charge >= 0.3 is 0 Å². The van der Waals surface area contributed by atoms with Gasteiger partial charge in [0.1, 0.15) is 6.20 Å². The molecular weight excluding hydrogens is 168 g/mol. The first-order chi connectivity index (χ1) is 6.16. The number of pyridine rings is 1. The van der Waals surface area contributed by atoms with Gasteiger partial charge in [-0.3, -0.25) is 9.78 Å². The molecule has 0 saturated heterocycles. The van der Waals surface area contributed by atoms with Crippen molar-refractivity contribution in [2.45, 2.75) is 6.92 Å². The third-order valence-electron chi connectivity index (χ3n) is 1.74. The maximum atomic E-state index is 11.0. The predicted molar refractivity (Wildman–Crippen MR) is 48.7 cm³/mol. The van der Waals surface area contributed by atoms with E-state index in [9.17, 15) is 4.79 Å². The molecule has 0 aliphatic carbocycles. The minimum Gasteiger partial charge on any atom is -0.492 e. The molecular formula is C9H11N2O2. The van der Waals surface area contributed by atoms with Gasteiger partial charge in [-0.1, -0.05) is 0 Å². The molecule has 0 unspecified atom stereocenters. The van der Waals surface area contributed by atoms with Crippen molar-refractivity contribution in [3.63, 3.8) is 0 Å². The molecule has 4 nitrogen and oxygen atoms in total. The van der Waals surface area contributed by atoms with Gasteiger partial charge in [0.25, 0.3) is 0 Å². The van der Waals surface area contributed by atoms with Crippen LogP contribution in [0.15, 0.2) is 12.3 Å². The molecule has 1 amide bonds. The molecule has 0 atom stereocenters. The number of nitrogens with zero attached hydrogens (tertiary/aromatic N) is 2. The molecule has 0 N–H and O–H groups in total. The molecule has 1 aromatic heterocycles. The minimum atomic E-state index is -0.0575. The van der Waals surface area contributed by atoms with E-state index >= 15 is 0 Å². The Hall–Kier alpha value is -1.58. The molecule has 4 heteroatoms. The first kappa shape index (κ1) is 9.51. The van der Waals surface area contributed by atoms with Gasteiger partial charge in [-0.15, -0.1) is 0 Å². The molecule has 0 bridgehead atoms. The van der Waals surface area contributed by atoms with Crippen LogP contribution in [0.3, 0.4) is 0 Å². The van der Waals surface area contributed by atoms with Gasteiger partial charge < -0.3 is 9.64 Å². The maximum Gasteiger partial charge on any atom is 0.223 e. The number of amides is 1. The Bertz CT molecular complexity index is 312. The highest BCUT2D eigenvalue weighted by atomic mass is 16.5. The van der Waals surface area contributed by atoms with E-state index in [0.29, 0.717) is 11.4 Å². The molecule has 1 radical (unpaired) electrons. The van der Waals surface area contributed by atoms with Crippen LogP contribution in [0.2, 0.25) is 0 Å². The van der Waals surface area contributed by atoms with Crippen molar-refractivity contribution in [2.75, 3.05) is 19.1 Å². The summed E-state index contributed by atoms with van der Waals surface area (Å²) in [6.45, 7) is 1.49. The van der Waals surface area contributed by atoms with Crippen molar-refractivity contribution in [3.05, 3.63) is 18.5 Å². The topological polar surface area (TPSA) is 42.4 Å². The molecule has 0 fully saturated rings. The summed E-state index contributed by atoms with van der Waals surface area (Å²) < 4.78 is 5.00. The van der Waals surface area contributed by atoms with Crippen LogP contribution in [0.4, 0.5) is 5.69 Å². The van der Waals surface area contributed by atoms with Crippen LogP contribution in [0.1, 0.15) is 6.92 Å². The number of ether oxygens (including phenoxy) is 1. The van der Waals surface area contributed by atoms with Gasteiger partial charge in [-0.25, -0.2) is 0 Å². The summed E-state index contributed by atoms with van der Waals surface area (Å²) in [6, 6.07) is 1.71. The standard InChI is InChI=1S/C9H11N2O2/c1-7(12)11(2)8-4-5-10-6-9(8)13-3/h4-5H,1-3H3. The molecule has 13 heavy (non-hydrogen) atoms. The number of aromatic nitrogens is 1. The monoisotopic (exact) mass is 179 g/mol. The average Bonchev–Trinajstić information content (AvgIpc) is 2.16. The first-order valence-corrected chi connectivity index (χ1v) is 3.81. The minimum absolute atomic E-state index is 0.0575. The van der Waals surface area contributed by atoms with Crippen molar-refractivity contribution < 1.29 is 9.53 Å². The van der Waals surface area contributed by atoms with Crippen molar-refractivity contribution in [2.24, 2.45) is 0 Å². The molecule has 0 aliphatic heterocycles. The zero-order valence-electron chi connectivity index (χ0n) is 7.87. The van der Waals surface area contributed by atoms with Gasteiger partial charge in [0.2, 0.25) is 5.91 Å². The second-order valence-electron chi connectivity index (χ2n) is 2.55. The molecule has 69 valence electrons. The summed E-state index contributed by atoms with van der Waals surface area (Å²) in [7, 11) is 3.19. The van der Waals surface area contributed by atoms with Gasteiger partial charge in [-0.05, 0) is 6.07 Å². The van der Waals surface area contributed by atoms with Crippen molar-refractivity contribution in [1.29, 1.82) is 0 Å². The van der Waals surface area contributed by atoms with E-state index < -0.39 is 0 Å². The lowest BCUT2D eigenvalue weighted by atomic mass is 10.3. The number of carbonyl (C=O) groups excluding carboxylic acids is 1. The zero-order valence-corrected chi connectivity index (χ0v) is 7.87. The number of methoxy groups -OCH3 is 1. The highest BCUT2D eigenvalue weighted by Crippen LogP contribution is 2.24. The van der Waals surface area contributed by atoms with Crippen LogP contribution in [-0.2, 0) is 4.79 Å². The second kappa shape index (κ2) is 3.89. The summed E-state index contributed by atoms with van der Waals surface area (Å²) in [5.41, 5.74) is 0.671. The molecule has 0 aromatic carbocycles. The first-order valence-electron chi connectivity index (χ1n) is 3.81. The molecule has 0 spiro atoms. The van der Waals surface area contributed by atoms with E-state index in [1.54, 1.807) is 19.3 Å². The lowest BCUT2D eigenvalue weighted by Gasteiger charge is -2.16. The molecule has 0 saturated carbocycles. The third kappa shape index (κ3) is 1.96. The largest absolute Gasteiger partial charge is 0.492 e. The number of hydrogen-bond acceptors (Lipinski definition) is 3. The molecule has 1 rings (SSSR count). The van der Waals surface area contributed by atoms with Gasteiger partial charge in [-0.2, -0.15) is 0 Å². The lowest BCUT2D eigenvalue weighted by molar-refractivity contribution is -0.116. The third-order valence-corrected chi connectivity index (χ3v) is 1.74. The number of rotatable bonds is 2. The fourth-order valence-corrected chi connectivity index (χ4v) is 0.921. The molecule has 1 heterocycles. The smallest absolute Gasteiger partial charge is 0.223 e. The predicted octanol–water partition coefficient (Wildman–Crippen LogP) is 0.873. The Kier molecular flexibility index (Phi) is 2.84. The Morgan fingerprint density at radius 3 is 2.92 bits per heavy atom. The fraction of sp³-hybridized carbons (Fsp3) is 0.333. The Morgan fingerprint density at radius 1 is 1.69 bits per heavy atom. The molecule has 0 aliphatic rings. The summed E-state index contributed by atoms with van der Waals surface area (Å²) in [6.07, 6.45) is 4.22. The normalized spacial score (nSPS) is 9.46. The van der Waals surface area contributed by atoms with Crippen LogP contribution in [0.25, 0.3) is 0 Å². The van der Waals surface area contributed by atoms with Crippen molar-refractivity contribution >= 4 is 11.6 Å². The number of hydrogen-bond donors (Lipinski definition) is 0. The van der Waals surface area contributed by atoms with Crippen LogP contribution >= 0.6 is 0 Å². The quantitative estimate of drug-likeness (QED) is 0.676. The zero-order chi connectivity index (χ0) is 9.84. The summed E-state index contributed by atoms with van der Waals surface area (Å²) in [4.78, 5) is 16.3. The highest BCUT2D eigenvalue weighted by molar-refractivity contribution is 5.92. The highest BCUT2D eigenvalue weighted by Gasteiger charge is 2.10. The Morgan fingerprint density at radius 2 is 2.38 bits per heavy atom. The van der Waals surface area contributed by atoms with Gasteiger partial charge in [0, 0.05) is 20.2 Å². The van der Waals surface area contributed by atoms with Crippen LogP contribution in [0.5, 0.6) is 5.75 Å². The Balaban J connectivity index is 3.05. The maximum absolute atomic E-state index is 11.0. The lowest BCUT2D eigenvalue weighted by Crippen LogP contribution is -2.23. The molecule has 1 aromatic rings. The Labute approximate surface area is 77.1 Å². The van der Waals surface area contributed by atoms with E-state index in [4.69, 9.17) is 4.74 Å². The van der Waals surface area contributed by atoms with Crippen LogP contribution in [-0.4, -0.2) is 25.0 Å². The van der Waals surface area contributed by atoms with Crippen molar-refractivity contribution in [3.8, 4) is 5.75 Å². The van der Waals surface area contributed by atoms with Crippen LogP contribution in [0, 0.1) is 6.20 Å². The van der Waals surface area contributed by atoms with E-state index in [-0.39, 0.29) is 5.91 Å². The second-order valence-corrected chi connectivity index (χ2v) is 2.55. The summed E-state index contributed by atoms with van der Waals surface area (Å²) in [5, 5.41) is 0. The van der Waals surface area contributed by atoms with E-state index in [1.807, 2.05) is 0 Å². The number of anilines is 1. The van der Waals surface area contributed by atoms with E-state index in [0.717, 1.165) is 0 Å². The van der Waals surface area contributed by atoms with Gasteiger partial charge in [0.15, 0.2) is 5.75 Å². The van der Waals surface area contributed by atoms with Gasteiger partial charge in [0.05, 0.1) is 12.8 Å². The summed E-state index contributed by atoms with van der Waals surface area (Å²) in [5.74, 6) is 0.415. The van der Waals surface area contributed by atoms with Crippen LogP contribution < -0.4 is 9.64 Å². The SMILES string of the molecule is COc1[c]nccc1N(C)C(C)=O. The fourth-order valence-electron chi connectivity index (χ4n) is 0.921. The van der Waals surface area contributed by atoms with Crippen molar-refractivity contribution in [1.82, 2.24) is 4.98 Å². The number of carbonyl (C=O) groups is 1.